The second kappa shape index (κ2) is 5.98. The molecule has 7 nitrogen and oxygen atoms in total. The lowest BCUT2D eigenvalue weighted by Gasteiger charge is -2.14. The summed E-state index contributed by atoms with van der Waals surface area (Å²) in [5.41, 5.74) is 1.68. The minimum Gasteiger partial charge on any atom is -0.481 e. The maximum Gasteiger partial charge on any atom is 0.311 e. The van der Waals surface area contributed by atoms with E-state index in [0.29, 0.717) is 18.2 Å². The fourth-order valence-electron chi connectivity index (χ4n) is 3.50. The largest absolute Gasteiger partial charge is 0.481 e. The summed E-state index contributed by atoms with van der Waals surface area (Å²) in [5.74, 6) is 0.317. The molecule has 2 atom stereocenters. The Balaban J connectivity index is 1.47. The third kappa shape index (κ3) is 3.01. The van der Waals surface area contributed by atoms with Gasteiger partial charge in [0.15, 0.2) is 5.82 Å². The average molecular weight is 340 g/mol. The third-order valence-electron chi connectivity index (χ3n) is 4.98. The Labute approximate surface area is 145 Å². The number of aryl methyl sites for hydroxylation is 1. The summed E-state index contributed by atoms with van der Waals surface area (Å²) in [5, 5.41) is 16.8. The van der Waals surface area contributed by atoms with Gasteiger partial charge in [-0.25, -0.2) is 4.98 Å². The predicted molar refractivity (Wildman–Crippen MR) is 89.0 cm³/mol. The van der Waals surface area contributed by atoms with Gasteiger partial charge < -0.3 is 10.4 Å². The summed E-state index contributed by atoms with van der Waals surface area (Å²) < 4.78 is 1.66. The topological polar surface area (TPSA) is 97.1 Å². The molecule has 2 N–H and O–H groups in total. The van der Waals surface area contributed by atoms with E-state index >= 15 is 0 Å². The Morgan fingerprint density at radius 2 is 2.00 bits per heavy atom. The number of benzene rings is 1. The number of carbonyl (C=O) groups is 2. The van der Waals surface area contributed by atoms with Crippen molar-refractivity contribution in [2.75, 3.05) is 0 Å². The molecule has 1 heterocycles. The summed E-state index contributed by atoms with van der Waals surface area (Å²) >= 11 is 0. The van der Waals surface area contributed by atoms with E-state index in [4.69, 9.17) is 0 Å². The lowest BCUT2D eigenvalue weighted by atomic mass is 10.0. The summed E-state index contributed by atoms with van der Waals surface area (Å²) in [6, 6.07) is 7.13. The van der Waals surface area contributed by atoms with Crippen molar-refractivity contribution in [3.63, 3.8) is 0 Å². The maximum absolute atomic E-state index is 12.5. The number of aliphatic carboxylic acids is 1. The van der Waals surface area contributed by atoms with E-state index in [1.807, 2.05) is 24.3 Å². The van der Waals surface area contributed by atoms with Crippen molar-refractivity contribution in [1.82, 2.24) is 20.1 Å². The van der Waals surface area contributed by atoms with Gasteiger partial charge in [0.05, 0.1) is 18.4 Å². The normalized spacial score (nSPS) is 21.8. The van der Waals surface area contributed by atoms with Gasteiger partial charge in [-0.05, 0) is 30.4 Å². The van der Waals surface area contributed by atoms with E-state index < -0.39 is 11.9 Å². The van der Waals surface area contributed by atoms with Crippen molar-refractivity contribution in [3.05, 3.63) is 47.0 Å². The predicted octanol–water partition coefficient (Wildman–Crippen LogP) is 1.66. The first-order valence-electron chi connectivity index (χ1n) is 8.53. The van der Waals surface area contributed by atoms with Gasteiger partial charge in [-0.1, -0.05) is 24.3 Å². The molecule has 1 aromatic heterocycles. The van der Waals surface area contributed by atoms with Crippen LogP contribution in [0.2, 0.25) is 0 Å². The van der Waals surface area contributed by atoms with Crippen LogP contribution in [-0.2, 0) is 23.1 Å². The summed E-state index contributed by atoms with van der Waals surface area (Å²) in [4.78, 5) is 28.4. The standard InChI is InChI=1S/C18H20N4O3/c1-22-15(20-17(21-22)10-6-7-10)9-16(23)19-14-8-13(18(24)25)11-4-2-3-5-12(11)14/h2-5,10,13-14H,6-9H2,1H3,(H,19,23)(H,24,25). The van der Waals surface area contributed by atoms with Gasteiger partial charge in [0.1, 0.15) is 5.82 Å². The maximum atomic E-state index is 12.5. The molecule has 4 rings (SSSR count). The zero-order valence-electron chi connectivity index (χ0n) is 14.0. The molecule has 130 valence electrons. The van der Waals surface area contributed by atoms with Crippen molar-refractivity contribution in [1.29, 1.82) is 0 Å². The molecule has 2 aliphatic rings. The van der Waals surface area contributed by atoms with Gasteiger partial charge in [-0.15, -0.1) is 0 Å². The quantitative estimate of drug-likeness (QED) is 0.863. The average Bonchev–Trinajstić information content (AvgIpc) is 3.28. The molecule has 0 bridgehead atoms. The number of nitrogens with zero attached hydrogens (tertiary/aromatic N) is 3. The minimum atomic E-state index is -0.855. The molecule has 7 heteroatoms. The lowest BCUT2D eigenvalue weighted by molar-refractivity contribution is -0.139. The van der Waals surface area contributed by atoms with E-state index in [2.05, 4.69) is 15.4 Å². The number of amides is 1. The highest BCUT2D eigenvalue weighted by atomic mass is 16.4. The van der Waals surface area contributed by atoms with Crippen molar-refractivity contribution >= 4 is 11.9 Å². The number of nitrogens with one attached hydrogen (secondary N) is 1. The van der Waals surface area contributed by atoms with E-state index in [0.717, 1.165) is 29.8 Å². The monoisotopic (exact) mass is 340 g/mol. The number of aromatic nitrogens is 3. The summed E-state index contributed by atoms with van der Waals surface area (Å²) in [6.45, 7) is 0. The van der Waals surface area contributed by atoms with Crippen LogP contribution in [0.3, 0.4) is 0 Å². The highest BCUT2D eigenvalue weighted by molar-refractivity contribution is 5.81. The fraction of sp³-hybridized carbons (Fsp3) is 0.444. The Morgan fingerprint density at radius 1 is 1.28 bits per heavy atom. The minimum absolute atomic E-state index is 0.145. The first-order chi connectivity index (χ1) is 12.0. The molecule has 1 aromatic carbocycles. The molecule has 25 heavy (non-hydrogen) atoms. The molecule has 0 saturated heterocycles. The van der Waals surface area contributed by atoms with Crippen LogP contribution in [0.25, 0.3) is 0 Å². The smallest absolute Gasteiger partial charge is 0.311 e. The van der Waals surface area contributed by atoms with Gasteiger partial charge in [-0.3, -0.25) is 14.3 Å². The van der Waals surface area contributed by atoms with Gasteiger partial charge in [0, 0.05) is 13.0 Å². The number of fused-ring (bicyclic) bond motifs is 1. The Morgan fingerprint density at radius 3 is 2.68 bits per heavy atom. The molecule has 2 aromatic rings. The van der Waals surface area contributed by atoms with Crippen LogP contribution < -0.4 is 5.32 Å². The van der Waals surface area contributed by atoms with Crippen molar-refractivity contribution in [3.8, 4) is 0 Å². The molecule has 1 saturated carbocycles. The zero-order chi connectivity index (χ0) is 17.6. The molecular formula is C18H20N4O3. The highest BCUT2D eigenvalue weighted by Crippen LogP contribution is 2.40. The van der Waals surface area contributed by atoms with Crippen LogP contribution >= 0.6 is 0 Å². The highest BCUT2D eigenvalue weighted by Gasteiger charge is 2.36. The molecule has 0 spiro atoms. The Hall–Kier alpha value is -2.70. The molecule has 1 fully saturated rings. The van der Waals surface area contributed by atoms with Gasteiger partial charge >= 0.3 is 5.97 Å². The van der Waals surface area contributed by atoms with Crippen molar-refractivity contribution < 1.29 is 14.7 Å². The van der Waals surface area contributed by atoms with Gasteiger partial charge in [-0.2, -0.15) is 5.10 Å². The second-order valence-electron chi connectivity index (χ2n) is 6.84. The molecule has 2 aliphatic carbocycles. The van der Waals surface area contributed by atoms with Crippen LogP contribution in [0, 0.1) is 0 Å². The first kappa shape index (κ1) is 15.8. The Bertz CT molecular complexity index is 841. The van der Waals surface area contributed by atoms with Crippen LogP contribution in [0.5, 0.6) is 0 Å². The van der Waals surface area contributed by atoms with E-state index in [9.17, 15) is 14.7 Å². The summed E-state index contributed by atoms with van der Waals surface area (Å²) in [7, 11) is 1.80. The van der Waals surface area contributed by atoms with Crippen LogP contribution in [0.15, 0.2) is 24.3 Å². The zero-order valence-corrected chi connectivity index (χ0v) is 14.0. The van der Waals surface area contributed by atoms with Crippen molar-refractivity contribution in [2.24, 2.45) is 7.05 Å². The molecule has 1 amide bonds. The molecule has 0 radical (unpaired) electrons. The lowest BCUT2D eigenvalue weighted by Crippen LogP contribution is -2.29. The summed E-state index contributed by atoms with van der Waals surface area (Å²) in [6.07, 6.45) is 2.76. The van der Waals surface area contributed by atoms with Gasteiger partial charge in [0.25, 0.3) is 0 Å². The number of hydrogen-bond donors (Lipinski definition) is 2. The molecular weight excluding hydrogens is 320 g/mol. The van der Waals surface area contributed by atoms with Crippen LogP contribution in [0.4, 0.5) is 0 Å². The van der Waals surface area contributed by atoms with E-state index in [1.54, 1.807) is 11.7 Å². The number of carboxylic acid groups (broad SMARTS) is 1. The van der Waals surface area contributed by atoms with E-state index in [1.165, 1.54) is 0 Å². The number of rotatable bonds is 5. The Kier molecular flexibility index (Phi) is 3.78. The fourth-order valence-corrected chi connectivity index (χ4v) is 3.50. The number of hydrogen-bond acceptors (Lipinski definition) is 4. The number of carbonyl (C=O) groups excluding carboxylic acids is 1. The molecule has 0 aliphatic heterocycles. The van der Waals surface area contributed by atoms with Crippen LogP contribution in [-0.4, -0.2) is 31.7 Å². The third-order valence-corrected chi connectivity index (χ3v) is 4.98. The van der Waals surface area contributed by atoms with Crippen LogP contribution in [0.1, 0.15) is 59.9 Å². The SMILES string of the molecule is Cn1nc(C2CC2)nc1CC(=O)NC1CC(C(=O)O)c2ccccc21. The first-order valence-corrected chi connectivity index (χ1v) is 8.53. The van der Waals surface area contributed by atoms with E-state index in [-0.39, 0.29) is 18.4 Å². The van der Waals surface area contributed by atoms with Gasteiger partial charge in [0.2, 0.25) is 5.91 Å². The van der Waals surface area contributed by atoms with Crippen molar-refractivity contribution in [2.45, 2.75) is 43.6 Å². The molecule has 2 unspecified atom stereocenters. The second-order valence-corrected chi connectivity index (χ2v) is 6.84. The number of carboxylic acids is 1.